The molecule has 0 saturated heterocycles. The molecule has 0 aliphatic heterocycles. The maximum absolute atomic E-state index is 9.56. The quantitative estimate of drug-likeness (QED) is 0.775. The highest BCUT2D eigenvalue weighted by Gasteiger charge is 2.13. The molecule has 0 bridgehead atoms. The lowest BCUT2D eigenvalue weighted by Gasteiger charge is -2.12. The maximum Gasteiger partial charge on any atom is 0.155 e. The van der Waals surface area contributed by atoms with Crippen LogP contribution in [0.4, 0.5) is 11.5 Å². The Morgan fingerprint density at radius 2 is 1.82 bits per heavy atom. The first-order chi connectivity index (χ1) is 10.6. The van der Waals surface area contributed by atoms with Gasteiger partial charge in [-0.1, -0.05) is 23.4 Å². The number of anilines is 2. The third-order valence-electron chi connectivity index (χ3n) is 3.44. The number of aromatic hydroxyl groups is 1. The van der Waals surface area contributed by atoms with Crippen LogP contribution in [0.5, 0.6) is 5.75 Å². The van der Waals surface area contributed by atoms with Crippen LogP contribution in [0, 0.1) is 0 Å². The van der Waals surface area contributed by atoms with Crippen molar-refractivity contribution < 1.29 is 5.11 Å². The van der Waals surface area contributed by atoms with Gasteiger partial charge in [0.25, 0.3) is 0 Å². The normalized spacial score (nSPS) is 10.6. The van der Waals surface area contributed by atoms with Gasteiger partial charge in [-0.25, -0.2) is 0 Å². The van der Waals surface area contributed by atoms with Crippen molar-refractivity contribution in [2.24, 2.45) is 0 Å². The van der Waals surface area contributed by atoms with Crippen LogP contribution < -0.4 is 10.6 Å². The molecule has 0 aliphatic carbocycles. The molecule has 3 aromatic rings. The molecule has 1 aromatic heterocycles. The number of hydrogen-bond donors (Lipinski definition) is 2. The fourth-order valence-corrected chi connectivity index (χ4v) is 2.23. The van der Waals surface area contributed by atoms with Gasteiger partial charge in [0, 0.05) is 31.4 Å². The Balaban J connectivity index is 2.00. The standard InChI is InChI=1S/C16H17N5O/c1-20(2)12-8-6-11(7-9-12)15-16(17)21(19-18-15)13-4-3-5-14(22)10-13/h3-10,22H,17H2,1-2H3. The van der Waals surface area contributed by atoms with Crippen molar-refractivity contribution in [3.63, 3.8) is 0 Å². The molecule has 0 aliphatic rings. The van der Waals surface area contributed by atoms with Gasteiger partial charge in [0.15, 0.2) is 5.82 Å². The van der Waals surface area contributed by atoms with Crippen LogP contribution in [0.1, 0.15) is 0 Å². The van der Waals surface area contributed by atoms with Gasteiger partial charge in [0.2, 0.25) is 0 Å². The van der Waals surface area contributed by atoms with Gasteiger partial charge in [-0.2, -0.15) is 4.68 Å². The van der Waals surface area contributed by atoms with Gasteiger partial charge in [-0.05, 0) is 24.3 Å². The molecular weight excluding hydrogens is 278 g/mol. The van der Waals surface area contributed by atoms with E-state index in [2.05, 4.69) is 10.3 Å². The van der Waals surface area contributed by atoms with Gasteiger partial charge < -0.3 is 15.7 Å². The van der Waals surface area contributed by atoms with Crippen molar-refractivity contribution >= 4 is 11.5 Å². The Hall–Kier alpha value is -3.02. The third kappa shape index (κ3) is 2.46. The van der Waals surface area contributed by atoms with E-state index in [4.69, 9.17) is 5.73 Å². The monoisotopic (exact) mass is 295 g/mol. The summed E-state index contributed by atoms with van der Waals surface area (Å²) in [6.07, 6.45) is 0. The van der Waals surface area contributed by atoms with E-state index >= 15 is 0 Å². The summed E-state index contributed by atoms with van der Waals surface area (Å²) >= 11 is 0. The Bertz CT molecular complexity index is 793. The fourth-order valence-electron chi connectivity index (χ4n) is 2.23. The first-order valence-corrected chi connectivity index (χ1v) is 6.84. The molecule has 112 valence electrons. The maximum atomic E-state index is 9.56. The van der Waals surface area contributed by atoms with Crippen LogP contribution in [0.25, 0.3) is 16.9 Å². The van der Waals surface area contributed by atoms with E-state index < -0.39 is 0 Å². The average Bonchev–Trinajstić information content (AvgIpc) is 2.89. The van der Waals surface area contributed by atoms with Gasteiger partial charge in [-0.15, -0.1) is 5.10 Å². The van der Waals surface area contributed by atoms with Crippen LogP contribution in [0.2, 0.25) is 0 Å². The van der Waals surface area contributed by atoms with Crippen molar-refractivity contribution in [2.45, 2.75) is 0 Å². The van der Waals surface area contributed by atoms with Crippen LogP contribution in [-0.2, 0) is 0 Å². The van der Waals surface area contributed by atoms with Crippen molar-refractivity contribution in [1.29, 1.82) is 0 Å². The van der Waals surface area contributed by atoms with Crippen molar-refractivity contribution in [3.8, 4) is 22.7 Å². The van der Waals surface area contributed by atoms with E-state index in [1.165, 1.54) is 4.68 Å². The van der Waals surface area contributed by atoms with E-state index in [-0.39, 0.29) is 5.75 Å². The molecule has 0 spiro atoms. The van der Waals surface area contributed by atoms with E-state index in [1.54, 1.807) is 18.2 Å². The highest BCUT2D eigenvalue weighted by atomic mass is 16.3. The van der Waals surface area contributed by atoms with Crippen LogP contribution in [0.15, 0.2) is 48.5 Å². The Kier molecular flexibility index (Phi) is 3.42. The number of nitrogens with zero attached hydrogens (tertiary/aromatic N) is 4. The zero-order valence-electron chi connectivity index (χ0n) is 12.4. The summed E-state index contributed by atoms with van der Waals surface area (Å²) < 4.78 is 1.51. The minimum atomic E-state index is 0.157. The minimum Gasteiger partial charge on any atom is -0.508 e. The number of benzene rings is 2. The predicted molar refractivity (Wildman–Crippen MR) is 87.2 cm³/mol. The molecule has 0 saturated carbocycles. The molecule has 3 N–H and O–H groups in total. The number of nitrogen functional groups attached to an aromatic ring is 1. The number of nitrogens with two attached hydrogens (primary N) is 1. The smallest absolute Gasteiger partial charge is 0.155 e. The van der Waals surface area contributed by atoms with E-state index in [9.17, 15) is 5.11 Å². The summed E-state index contributed by atoms with van der Waals surface area (Å²) in [7, 11) is 3.98. The van der Waals surface area contributed by atoms with Crippen LogP contribution in [0.3, 0.4) is 0 Å². The van der Waals surface area contributed by atoms with Crippen molar-refractivity contribution in [3.05, 3.63) is 48.5 Å². The topological polar surface area (TPSA) is 80.2 Å². The first-order valence-electron chi connectivity index (χ1n) is 6.84. The third-order valence-corrected chi connectivity index (χ3v) is 3.44. The minimum absolute atomic E-state index is 0.157. The SMILES string of the molecule is CN(C)c1ccc(-c2nnn(-c3cccc(O)c3)c2N)cc1. The summed E-state index contributed by atoms with van der Waals surface area (Å²) in [4.78, 5) is 2.02. The second kappa shape index (κ2) is 5.40. The predicted octanol–water partition coefficient (Wildman–Crippen LogP) is 2.29. The van der Waals surface area contributed by atoms with Gasteiger partial charge in [0.1, 0.15) is 11.4 Å². The van der Waals surface area contributed by atoms with Gasteiger partial charge in [0.05, 0.1) is 5.69 Å². The molecule has 0 atom stereocenters. The number of rotatable bonds is 3. The highest BCUT2D eigenvalue weighted by Crippen LogP contribution is 2.27. The van der Waals surface area contributed by atoms with E-state index in [1.807, 2.05) is 49.3 Å². The molecule has 3 rings (SSSR count). The molecule has 0 radical (unpaired) electrons. The van der Waals surface area contributed by atoms with Crippen molar-refractivity contribution in [2.75, 3.05) is 24.7 Å². The number of hydrogen-bond acceptors (Lipinski definition) is 5. The molecular formula is C16H17N5O. The molecule has 6 heteroatoms. The highest BCUT2D eigenvalue weighted by molar-refractivity contribution is 5.72. The molecule has 1 heterocycles. The summed E-state index contributed by atoms with van der Waals surface area (Å²) in [5, 5.41) is 17.8. The Morgan fingerprint density at radius 1 is 1.09 bits per heavy atom. The van der Waals surface area contributed by atoms with Crippen LogP contribution >= 0.6 is 0 Å². The van der Waals surface area contributed by atoms with E-state index in [0.29, 0.717) is 17.2 Å². The largest absolute Gasteiger partial charge is 0.508 e. The second-order valence-corrected chi connectivity index (χ2v) is 5.20. The zero-order chi connectivity index (χ0) is 15.7. The zero-order valence-corrected chi connectivity index (χ0v) is 12.4. The van der Waals surface area contributed by atoms with E-state index in [0.717, 1.165) is 11.3 Å². The van der Waals surface area contributed by atoms with Gasteiger partial charge >= 0.3 is 0 Å². The number of aromatic nitrogens is 3. The first kappa shape index (κ1) is 13.9. The summed E-state index contributed by atoms with van der Waals surface area (Å²) in [5.74, 6) is 0.590. The number of phenolic OH excluding ortho intramolecular Hbond substituents is 1. The molecule has 2 aromatic carbocycles. The second-order valence-electron chi connectivity index (χ2n) is 5.20. The fraction of sp³-hybridized carbons (Fsp3) is 0.125. The molecule has 0 unspecified atom stereocenters. The Morgan fingerprint density at radius 3 is 2.45 bits per heavy atom. The summed E-state index contributed by atoms with van der Waals surface area (Å²) in [6.45, 7) is 0. The van der Waals surface area contributed by atoms with Crippen molar-refractivity contribution in [1.82, 2.24) is 15.0 Å². The summed E-state index contributed by atoms with van der Waals surface area (Å²) in [5.41, 5.74) is 9.45. The molecule has 22 heavy (non-hydrogen) atoms. The number of phenols is 1. The lowest BCUT2D eigenvalue weighted by Crippen LogP contribution is -2.08. The lowest BCUT2D eigenvalue weighted by atomic mass is 10.1. The lowest BCUT2D eigenvalue weighted by molar-refractivity contribution is 0.475. The summed E-state index contributed by atoms with van der Waals surface area (Å²) in [6, 6.07) is 14.7. The van der Waals surface area contributed by atoms with Crippen LogP contribution in [-0.4, -0.2) is 34.2 Å². The molecule has 0 fully saturated rings. The average molecular weight is 295 g/mol. The molecule has 6 nitrogen and oxygen atoms in total. The molecule has 0 amide bonds. The Labute approximate surface area is 128 Å². The van der Waals surface area contributed by atoms with Gasteiger partial charge in [-0.3, -0.25) is 0 Å².